The second-order valence-corrected chi connectivity index (χ2v) is 8.17. The number of nitrogens with one attached hydrogen (secondary N) is 2. The number of amides is 1. The van der Waals surface area contributed by atoms with Crippen molar-refractivity contribution in [2.45, 2.75) is 6.18 Å². The lowest BCUT2D eigenvalue weighted by Gasteiger charge is -2.13. The minimum absolute atomic E-state index is 0.0279. The molecule has 0 bridgehead atoms. The monoisotopic (exact) mass is 525 g/mol. The van der Waals surface area contributed by atoms with Crippen molar-refractivity contribution in [3.8, 4) is 17.2 Å². The zero-order valence-corrected chi connectivity index (χ0v) is 19.3. The topological polar surface area (TPSA) is 102 Å². The van der Waals surface area contributed by atoms with Crippen LogP contribution < -0.4 is 15.5 Å². The van der Waals surface area contributed by atoms with E-state index >= 15 is 0 Å². The molecule has 0 radical (unpaired) electrons. The summed E-state index contributed by atoms with van der Waals surface area (Å²) in [6.07, 6.45) is -0.171. The maximum absolute atomic E-state index is 13.2. The minimum atomic E-state index is -4.69. The zero-order chi connectivity index (χ0) is 26.2. The summed E-state index contributed by atoms with van der Waals surface area (Å²) >= 11 is 5.67. The van der Waals surface area contributed by atoms with Crippen molar-refractivity contribution >= 4 is 34.2 Å². The fourth-order valence-corrected chi connectivity index (χ4v) is 3.75. The highest BCUT2D eigenvalue weighted by Crippen LogP contribution is 2.35. The van der Waals surface area contributed by atoms with Crippen molar-refractivity contribution < 1.29 is 22.7 Å². The van der Waals surface area contributed by atoms with Gasteiger partial charge in [-0.3, -0.25) is 9.59 Å². The molecule has 186 valence electrons. The number of halogens is 4. The van der Waals surface area contributed by atoms with E-state index in [1.54, 1.807) is 42.7 Å². The molecule has 5 rings (SSSR count). The fraction of sp³-hybridized carbons (Fsp3) is 0.0400. The van der Waals surface area contributed by atoms with E-state index in [1.165, 1.54) is 6.07 Å². The SMILES string of the molecule is O=C(Nc1ccc(Oc2ccnc3[nH]ccc23)cc1)c1nn(-c2ccc(Cl)c(C(F)(F)F)c2)ccc1=O. The second kappa shape index (κ2) is 9.43. The number of H-pyrrole nitrogens is 1. The highest BCUT2D eigenvalue weighted by atomic mass is 35.5. The van der Waals surface area contributed by atoms with Crippen LogP contribution in [0.1, 0.15) is 16.1 Å². The predicted octanol–water partition coefficient (Wildman–Crippen LogP) is 5.83. The van der Waals surface area contributed by atoms with Crippen LogP contribution in [0.5, 0.6) is 11.5 Å². The van der Waals surface area contributed by atoms with E-state index in [1.807, 2.05) is 6.07 Å². The molecule has 0 fully saturated rings. The normalized spacial score (nSPS) is 11.5. The van der Waals surface area contributed by atoms with E-state index < -0.39 is 33.8 Å². The second-order valence-electron chi connectivity index (χ2n) is 7.76. The molecular weight excluding hydrogens is 511 g/mol. The maximum atomic E-state index is 13.2. The highest BCUT2D eigenvalue weighted by Gasteiger charge is 2.33. The Morgan fingerprint density at radius 1 is 1.05 bits per heavy atom. The van der Waals surface area contributed by atoms with Gasteiger partial charge in [0.05, 0.1) is 21.7 Å². The summed E-state index contributed by atoms with van der Waals surface area (Å²) < 4.78 is 46.6. The largest absolute Gasteiger partial charge is 0.457 e. The van der Waals surface area contributed by atoms with Crippen molar-refractivity contribution in [1.82, 2.24) is 19.7 Å². The summed E-state index contributed by atoms with van der Waals surface area (Å²) in [4.78, 5) is 32.2. The summed E-state index contributed by atoms with van der Waals surface area (Å²) in [7, 11) is 0. The maximum Gasteiger partial charge on any atom is 0.417 e. The number of fused-ring (bicyclic) bond motifs is 1. The first-order chi connectivity index (χ1) is 17.7. The number of hydrogen-bond donors (Lipinski definition) is 2. The number of rotatable bonds is 5. The van der Waals surface area contributed by atoms with Gasteiger partial charge < -0.3 is 15.0 Å². The number of benzene rings is 2. The van der Waals surface area contributed by atoms with Crippen LogP contribution in [0.3, 0.4) is 0 Å². The van der Waals surface area contributed by atoms with Gasteiger partial charge in [0.15, 0.2) is 5.69 Å². The van der Waals surface area contributed by atoms with Gasteiger partial charge in [-0.15, -0.1) is 0 Å². The molecule has 1 amide bonds. The van der Waals surface area contributed by atoms with Crippen LogP contribution in [-0.4, -0.2) is 25.7 Å². The van der Waals surface area contributed by atoms with Crippen LogP contribution in [0.25, 0.3) is 16.7 Å². The predicted molar refractivity (Wildman–Crippen MR) is 130 cm³/mol. The Bertz CT molecular complexity index is 1680. The molecule has 12 heteroatoms. The zero-order valence-electron chi connectivity index (χ0n) is 18.6. The summed E-state index contributed by atoms with van der Waals surface area (Å²) in [5.41, 5.74) is -1.27. The Morgan fingerprint density at radius 3 is 2.59 bits per heavy atom. The summed E-state index contributed by atoms with van der Waals surface area (Å²) in [6, 6.07) is 14.1. The van der Waals surface area contributed by atoms with Gasteiger partial charge in [0.2, 0.25) is 5.43 Å². The Balaban J connectivity index is 1.35. The molecule has 0 aliphatic carbocycles. The molecule has 3 heterocycles. The van der Waals surface area contributed by atoms with Gasteiger partial charge in [0.1, 0.15) is 17.1 Å². The summed E-state index contributed by atoms with van der Waals surface area (Å²) in [5, 5.41) is 6.81. The number of anilines is 1. The van der Waals surface area contributed by atoms with Gasteiger partial charge in [-0.2, -0.15) is 18.3 Å². The van der Waals surface area contributed by atoms with Crippen LogP contribution in [0, 0.1) is 0 Å². The van der Waals surface area contributed by atoms with Crippen molar-refractivity contribution in [2.24, 2.45) is 0 Å². The lowest BCUT2D eigenvalue weighted by Crippen LogP contribution is -2.25. The van der Waals surface area contributed by atoms with Gasteiger partial charge in [0.25, 0.3) is 5.91 Å². The first kappa shape index (κ1) is 24.1. The Hall–Kier alpha value is -4.64. The summed E-state index contributed by atoms with van der Waals surface area (Å²) in [5.74, 6) is 0.254. The molecule has 0 saturated heterocycles. The number of carbonyl (C=O) groups is 1. The number of carbonyl (C=O) groups excluding carboxylic acids is 1. The number of aromatic amines is 1. The number of hydrogen-bond acceptors (Lipinski definition) is 5. The molecular formula is C25H15ClF3N5O3. The fourth-order valence-electron chi connectivity index (χ4n) is 3.53. The van der Waals surface area contributed by atoms with E-state index in [2.05, 4.69) is 20.4 Å². The molecule has 0 saturated carbocycles. The van der Waals surface area contributed by atoms with Gasteiger partial charge in [-0.1, -0.05) is 11.6 Å². The molecule has 0 unspecified atom stereocenters. The lowest BCUT2D eigenvalue weighted by atomic mass is 10.2. The number of alkyl halides is 3. The number of pyridine rings is 1. The van der Waals surface area contributed by atoms with Crippen molar-refractivity contribution in [3.63, 3.8) is 0 Å². The molecule has 0 spiro atoms. The molecule has 5 aromatic rings. The van der Waals surface area contributed by atoms with Gasteiger partial charge in [-0.25, -0.2) is 9.67 Å². The molecule has 2 N–H and O–H groups in total. The van der Waals surface area contributed by atoms with E-state index in [-0.39, 0.29) is 5.69 Å². The van der Waals surface area contributed by atoms with Crippen molar-refractivity contribution in [1.29, 1.82) is 0 Å². The molecule has 8 nitrogen and oxygen atoms in total. The van der Waals surface area contributed by atoms with E-state index in [9.17, 15) is 22.8 Å². The molecule has 2 aromatic carbocycles. The van der Waals surface area contributed by atoms with Crippen molar-refractivity contribution in [3.05, 3.63) is 106 Å². The first-order valence-electron chi connectivity index (χ1n) is 10.7. The minimum Gasteiger partial charge on any atom is -0.457 e. The number of aromatic nitrogens is 4. The van der Waals surface area contributed by atoms with Crippen LogP contribution in [0.2, 0.25) is 5.02 Å². The molecule has 0 atom stereocenters. The average Bonchev–Trinajstić information content (AvgIpc) is 3.35. The third-order valence-electron chi connectivity index (χ3n) is 5.30. The molecule has 0 aliphatic heterocycles. The average molecular weight is 526 g/mol. The molecule has 37 heavy (non-hydrogen) atoms. The van der Waals surface area contributed by atoms with Crippen LogP contribution >= 0.6 is 11.6 Å². The Kier molecular flexibility index (Phi) is 6.14. The Labute approximate surface area is 211 Å². The highest BCUT2D eigenvalue weighted by molar-refractivity contribution is 6.31. The van der Waals surface area contributed by atoms with E-state index in [0.717, 1.165) is 34.5 Å². The summed E-state index contributed by atoms with van der Waals surface area (Å²) in [6.45, 7) is 0. The van der Waals surface area contributed by atoms with Gasteiger partial charge >= 0.3 is 6.18 Å². The third-order valence-corrected chi connectivity index (χ3v) is 5.63. The van der Waals surface area contributed by atoms with Crippen LogP contribution in [0.15, 0.2) is 84.0 Å². The third kappa shape index (κ3) is 5.02. The lowest BCUT2D eigenvalue weighted by molar-refractivity contribution is -0.137. The number of nitrogens with zero attached hydrogens (tertiary/aromatic N) is 3. The smallest absolute Gasteiger partial charge is 0.417 e. The number of ether oxygens (including phenoxy) is 1. The van der Waals surface area contributed by atoms with Gasteiger partial charge in [-0.05, 0) is 54.6 Å². The first-order valence-corrected chi connectivity index (χ1v) is 11.1. The van der Waals surface area contributed by atoms with E-state index in [4.69, 9.17) is 16.3 Å². The van der Waals surface area contributed by atoms with Crippen LogP contribution in [-0.2, 0) is 6.18 Å². The van der Waals surface area contributed by atoms with Crippen molar-refractivity contribution in [2.75, 3.05) is 5.32 Å². The molecule has 3 aromatic heterocycles. The van der Waals surface area contributed by atoms with Gasteiger partial charge in [0, 0.05) is 30.3 Å². The standard InChI is InChI=1S/C25H15ClF3N5O3/c26-19-6-3-15(13-18(19)25(27,28)29)34-12-9-20(35)22(33-34)24(36)32-14-1-4-16(5-2-14)37-21-8-11-31-23-17(21)7-10-30-23/h1-13H,(H,30,31)(H,32,36). The van der Waals surface area contributed by atoms with Crippen LogP contribution in [0.4, 0.5) is 18.9 Å². The quantitative estimate of drug-likeness (QED) is 0.301. The Morgan fingerprint density at radius 2 is 1.84 bits per heavy atom. The van der Waals surface area contributed by atoms with E-state index in [0.29, 0.717) is 22.8 Å². The molecule has 0 aliphatic rings.